The van der Waals surface area contributed by atoms with E-state index in [1.165, 1.54) is 97.9 Å². The number of hydrogen-bond donors (Lipinski definition) is 0. The van der Waals surface area contributed by atoms with Crippen molar-refractivity contribution in [1.82, 2.24) is 0 Å². The van der Waals surface area contributed by atoms with E-state index in [2.05, 4.69) is 160 Å². The smallest absolute Gasteiger partial charge is 0.161 e. The van der Waals surface area contributed by atoms with Crippen LogP contribution in [0.2, 0.25) is 0 Å². The lowest BCUT2D eigenvalue weighted by Crippen LogP contribution is -2.14. The summed E-state index contributed by atoms with van der Waals surface area (Å²) in [5.41, 5.74) is 6.89. The second-order valence-corrected chi connectivity index (χ2v) is 23.3. The van der Waals surface area contributed by atoms with Gasteiger partial charge in [0.15, 0.2) is 23.0 Å². The number of rotatable bonds is 32. The second kappa shape index (κ2) is 29.3. The fourth-order valence-electron chi connectivity index (χ4n) is 8.64. The molecule has 4 nitrogen and oxygen atoms in total. The first kappa shape index (κ1) is 54.2. The Labute approximate surface area is 425 Å². The van der Waals surface area contributed by atoms with E-state index < -0.39 is 0 Å². The molecule has 5 rings (SSSR count). The summed E-state index contributed by atoms with van der Waals surface area (Å²) in [5, 5.41) is 0. The average molecular weight is 1070 g/mol. The van der Waals surface area contributed by atoms with Gasteiger partial charge in [-0.05, 0) is 164 Å². The minimum Gasteiger partial charge on any atom is -0.489 e. The maximum atomic E-state index is 6.85. The normalized spacial score (nSPS) is 13.4. The predicted octanol–water partition coefficient (Wildman–Crippen LogP) is 20.4. The van der Waals surface area contributed by atoms with Gasteiger partial charge in [-0.2, -0.15) is 0 Å². The molecule has 2 aromatic heterocycles. The van der Waals surface area contributed by atoms with Gasteiger partial charge >= 0.3 is 0 Å². The van der Waals surface area contributed by atoms with Gasteiger partial charge in [0.2, 0.25) is 0 Å². The summed E-state index contributed by atoms with van der Waals surface area (Å²) >= 11 is 11.2. The quantitative estimate of drug-likeness (QED) is 0.0430. The van der Waals surface area contributed by atoms with E-state index in [9.17, 15) is 0 Å². The molecule has 0 aliphatic rings. The van der Waals surface area contributed by atoms with Gasteiger partial charge in [0.25, 0.3) is 0 Å². The molecule has 5 aromatic rings. The van der Waals surface area contributed by atoms with Crippen LogP contribution in [0, 0.1) is 23.7 Å². The van der Waals surface area contributed by atoms with Crippen LogP contribution < -0.4 is 18.9 Å². The molecule has 0 fully saturated rings. The van der Waals surface area contributed by atoms with Gasteiger partial charge in [-0.25, -0.2) is 0 Å². The van der Waals surface area contributed by atoms with Crippen LogP contribution in [0.25, 0.3) is 43.1 Å². The monoisotopic (exact) mass is 1060 g/mol. The molecule has 0 saturated carbocycles. The van der Waals surface area contributed by atoms with Crippen molar-refractivity contribution >= 4 is 54.5 Å². The van der Waals surface area contributed by atoms with Crippen LogP contribution in [0.1, 0.15) is 158 Å². The van der Waals surface area contributed by atoms with Gasteiger partial charge in [0.1, 0.15) is 0 Å². The van der Waals surface area contributed by atoms with Gasteiger partial charge in [-0.3, -0.25) is 0 Å². The first-order valence-electron chi connectivity index (χ1n) is 25.7. The van der Waals surface area contributed by atoms with E-state index in [1.807, 2.05) is 0 Å². The van der Waals surface area contributed by atoms with E-state index in [1.54, 1.807) is 22.7 Å². The minimum absolute atomic E-state index is 0.501. The highest BCUT2D eigenvalue weighted by Crippen LogP contribution is 2.48. The van der Waals surface area contributed by atoms with Crippen LogP contribution in [0.15, 0.2) is 80.4 Å². The molecule has 66 heavy (non-hydrogen) atoms. The zero-order chi connectivity index (χ0) is 47.3. The van der Waals surface area contributed by atoms with Crippen LogP contribution in [0.3, 0.4) is 0 Å². The molecule has 4 unspecified atom stereocenters. The Morgan fingerprint density at radius 3 is 0.970 bits per heavy atom. The molecule has 0 bridgehead atoms. The maximum Gasteiger partial charge on any atom is 0.161 e. The summed E-state index contributed by atoms with van der Waals surface area (Å²) in [5.74, 6) is 5.38. The molecule has 0 radical (unpaired) electrons. The molecule has 4 atom stereocenters. The Hall–Kier alpha value is -2.78. The number of hydrogen-bond acceptors (Lipinski definition) is 6. The third kappa shape index (κ3) is 16.2. The Balaban J connectivity index is 1.67. The number of halogens is 2. The van der Waals surface area contributed by atoms with E-state index in [0.717, 1.165) is 78.5 Å². The van der Waals surface area contributed by atoms with Crippen molar-refractivity contribution in [3.8, 4) is 66.1 Å². The molecule has 0 aliphatic heterocycles. The number of benzene rings is 3. The van der Waals surface area contributed by atoms with E-state index in [-0.39, 0.29) is 0 Å². The topological polar surface area (TPSA) is 36.9 Å². The van der Waals surface area contributed by atoms with E-state index >= 15 is 0 Å². The molecule has 2 heterocycles. The van der Waals surface area contributed by atoms with Gasteiger partial charge in [0, 0.05) is 20.9 Å². The molecule has 8 heteroatoms. The number of ether oxygens (including phenoxy) is 4. The Bertz CT molecular complexity index is 2010. The first-order valence-corrected chi connectivity index (χ1v) is 28.9. The molecule has 362 valence electrons. The molecule has 0 saturated heterocycles. The standard InChI is InChI=1S/C58H80Br2O4S2/c1-9-17-21-41(13-5)37-61-51-27-25-45(33-53(51)63-39-43(15-7)23-19-11-3)47-35-50(56-30-32-58(60)66-56)48(36-49(47)55-29-31-57(59)65-55)46-26-28-52(62-38-42(14-6)22-18-10-2)54(34-46)64-40-44(16-8)24-20-12-4/h25-36,41-44H,9-24,37-40H2,1-8H3. The van der Waals surface area contributed by atoms with Crippen LogP contribution in [0.5, 0.6) is 23.0 Å². The van der Waals surface area contributed by atoms with Gasteiger partial charge in [-0.15, -0.1) is 22.7 Å². The summed E-state index contributed by atoms with van der Waals surface area (Å²) < 4.78 is 29.3. The van der Waals surface area contributed by atoms with Crippen molar-refractivity contribution in [1.29, 1.82) is 0 Å². The lowest BCUT2D eigenvalue weighted by Gasteiger charge is -2.22. The molecular formula is C58H80Br2O4S2. The van der Waals surface area contributed by atoms with Crippen molar-refractivity contribution in [2.45, 2.75) is 158 Å². The molecule has 0 aliphatic carbocycles. The van der Waals surface area contributed by atoms with Crippen molar-refractivity contribution in [2.75, 3.05) is 26.4 Å². The molecule has 3 aromatic carbocycles. The summed E-state index contributed by atoms with van der Waals surface area (Å²) in [4.78, 5) is 2.39. The van der Waals surface area contributed by atoms with Crippen molar-refractivity contribution in [2.24, 2.45) is 23.7 Å². The minimum atomic E-state index is 0.501. The van der Waals surface area contributed by atoms with Crippen LogP contribution in [-0.2, 0) is 0 Å². The fraction of sp³-hybridized carbons (Fsp3) is 0.552. The zero-order valence-electron chi connectivity index (χ0n) is 41.6. The van der Waals surface area contributed by atoms with Gasteiger partial charge < -0.3 is 18.9 Å². The third-order valence-electron chi connectivity index (χ3n) is 13.4. The lowest BCUT2D eigenvalue weighted by molar-refractivity contribution is 0.199. The Morgan fingerprint density at radius 2 is 0.697 bits per heavy atom. The highest BCUT2D eigenvalue weighted by Gasteiger charge is 2.22. The second-order valence-electron chi connectivity index (χ2n) is 18.4. The van der Waals surface area contributed by atoms with Gasteiger partial charge in [0.05, 0.1) is 34.0 Å². The summed E-state index contributed by atoms with van der Waals surface area (Å²) in [6.07, 6.45) is 18.8. The maximum absolute atomic E-state index is 6.85. The van der Waals surface area contributed by atoms with Gasteiger partial charge in [-0.1, -0.05) is 145 Å². The average Bonchev–Trinajstić information content (AvgIpc) is 3.99. The Kier molecular flexibility index (Phi) is 24.0. The fourth-order valence-corrected chi connectivity index (χ4v) is 11.5. The first-order chi connectivity index (χ1) is 32.2. The largest absolute Gasteiger partial charge is 0.489 e. The SMILES string of the molecule is CCCCC(CC)COc1ccc(-c2cc(-c3ccc(Br)s3)c(-c3ccc(OCC(CC)CCCC)c(OCC(CC)CCCC)c3)cc2-c2ccc(Br)s2)cc1OCC(CC)CCCC. The summed E-state index contributed by atoms with van der Waals surface area (Å²) in [6.45, 7) is 21.0. The predicted molar refractivity (Wildman–Crippen MR) is 295 cm³/mol. The van der Waals surface area contributed by atoms with Crippen LogP contribution in [0.4, 0.5) is 0 Å². The molecule has 0 amide bonds. The molecular weight excluding hydrogens is 985 g/mol. The summed E-state index contributed by atoms with van der Waals surface area (Å²) in [6, 6.07) is 26.9. The Morgan fingerprint density at radius 1 is 0.379 bits per heavy atom. The third-order valence-corrected chi connectivity index (χ3v) is 16.7. The van der Waals surface area contributed by atoms with Crippen molar-refractivity contribution in [3.05, 3.63) is 80.4 Å². The van der Waals surface area contributed by atoms with E-state index in [0.29, 0.717) is 50.1 Å². The van der Waals surface area contributed by atoms with Crippen LogP contribution in [-0.4, -0.2) is 26.4 Å². The number of unbranched alkanes of at least 4 members (excludes halogenated alkanes) is 4. The van der Waals surface area contributed by atoms with Crippen molar-refractivity contribution < 1.29 is 18.9 Å². The van der Waals surface area contributed by atoms with E-state index in [4.69, 9.17) is 18.9 Å². The van der Waals surface area contributed by atoms with Crippen molar-refractivity contribution in [3.63, 3.8) is 0 Å². The number of thiophene rings is 2. The highest BCUT2D eigenvalue weighted by molar-refractivity contribution is 9.11. The van der Waals surface area contributed by atoms with Crippen LogP contribution >= 0.6 is 54.5 Å². The zero-order valence-corrected chi connectivity index (χ0v) is 46.4. The molecule has 0 N–H and O–H groups in total. The molecule has 0 spiro atoms. The summed E-state index contributed by atoms with van der Waals surface area (Å²) in [7, 11) is 0. The highest BCUT2D eigenvalue weighted by atomic mass is 79.9. The lowest BCUT2D eigenvalue weighted by atomic mass is 9.89.